The van der Waals surface area contributed by atoms with E-state index in [4.69, 9.17) is 5.73 Å². The van der Waals surface area contributed by atoms with Gasteiger partial charge in [-0.05, 0) is 18.9 Å². The van der Waals surface area contributed by atoms with Gasteiger partial charge >= 0.3 is 0 Å². The van der Waals surface area contributed by atoms with E-state index in [9.17, 15) is 0 Å². The fraction of sp³-hybridized carbons (Fsp3) is 0.429. The number of hydrogen-bond donors (Lipinski definition) is 1. The van der Waals surface area contributed by atoms with Gasteiger partial charge in [0.15, 0.2) is 0 Å². The molecule has 0 bridgehead atoms. The summed E-state index contributed by atoms with van der Waals surface area (Å²) in [5.74, 6) is 0. The van der Waals surface area contributed by atoms with Crippen molar-refractivity contribution in [3.63, 3.8) is 0 Å². The number of hydrogen-bond acceptors (Lipinski definition) is 2. The number of rotatable bonds is 3. The molecule has 1 aliphatic heterocycles. The molecule has 1 heterocycles. The summed E-state index contributed by atoms with van der Waals surface area (Å²) in [7, 11) is 0. The second kappa shape index (κ2) is 5.28. The van der Waals surface area contributed by atoms with E-state index >= 15 is 0 Å². The van der Waals surface area contributed by atoms with Gasteiger partial charge in [0.1, 0.15) is 0 Å². The monoisotopic (exact) mass is 216 g/mol. The first-order valence-corrected chi connectivity index (χ1v) is 5.96. The van der Waals surface area contributed by atoms with Crippen molar-refractivity contribution in [1.29, 1.82) is 0 Å². The summed E-state index contributed by atoms with van der Waals surface area (Å²) in [6.07, 6.45) is 3.48. The Morgan fingerprint density at radius 1 is 1.31 bits per heavy atom. The predicted molar refractivity (Wildman–Crippen MR) is 68.2 cm³/mol. The molecule has 0 aromatic heterocycles. The van der Waals surface area contributed by atoms with Crippen molar-refractivity contribution in [1.82, 2.24) is 4.90 Å². The van der Waals surface area contributed by atoms with Crippen LogP contribution in [0.3, 0.4) is 0 Å². The van der Waals surface area contributed by atoms with Crippen LogP contribution in [-0.4, -0.2) is 24.5 Å². The van der Waals surface area contributed by atoms with Crippen molar-refractivity contribution < 1.29 is 0 Å². The van der Waals surface area contributed by atoms with E-state index in [1.54, 1.807) is 0 Å². The van der Waals surface area contributed by atoms with E-state index in [1.807, 2.05) is 0 Å². The molecule has 2 N–H and O–H groups in total. The maximum absolute atomic E-state index is 5.92. The molecule has 0 radical (unpaired) electrons. The van der Waals surface area contributed by atoms with E-state index in [-0.39, 0.29) is 0 Å². The van der Waals surface area contributed by atoms with E-state index in [0.717, 1.165) is 19.5 Å². The average molecular weight is 216 g/mol. The molecule has 2 heteroatoms. The maximum Gasteiger partial charge on any atom is 0.0473 e. The largest absolute Gasteiger partial charge is 0.329 e. The van der Waals surface area contributed by atoms with Gasteiger partial charge in [0, 0.05) is 25.7 Å². The highest BCUT2D eigenvalue weighted by Crippen LogP contribution is 2.23. The van der Waals surface area contributed by atoms with Crippen LogP contribution in [0.2, 0.25) is 0 Å². The third-order valence-electron chi connectivity index (χ3n) is 3.21. The second-order valence-corrected chi connectivity index (χ2v) is 4.47. The molecule has 0 aliphatic carbocycles. The van der Waals surface area contributed by atoms with Crippen LogP contribution in [0.15, 0.2) is 42.0 Å². The van der Waals surface area contributed by atoms with Crippen molar-refractivity contribution in [2.45, 2.75) is 19.4 Å². The molecule has 1 unspecified atom stereocenters. The summed E-state index contributed by atoms with van der Waals surface area (Å²) in [6.45, 7) is 5.06. The van der Waals surface area contributed by atoms with E-state index in [0.29, 0.717) is 12.6 Å². The molecule has 0 spiro atoms. The smallest absolute Gasteiger partial charge is 0.0473 e. The average Bonchev–Trinajstić information content (AvgIpc) is 2.31. The fourth-order valence-corrected chi connectivity index (χ4v) is 2.38. The van der Waals surface area contributed by atoms with Crippen LogP contribution >= 0.6 is 0 Å². The minimum Gasteiger partial charge on any atom is -0.329 e. The van der Waals surface area contributed by atoms with Gasteiger partial charge in [-0.15, -0.1) is 0 Å². The lowest BCUT2D eigenvalue weighted by molar-refractivity contribution is 0.214. The molecule has 2 nitrogen and oxygen atoms in total. The summed E-state index contributed by atoms with van der Waals surface area (Å²) in [5, 5.41) is 0. The molecule has 1 aromatic carbocycles. The molecule has 16 heavy (non-hydrogen) atoms. The molecule has 1 aromatic rings. The highest BCUT2D eigenvalue weighted by atomic mass is 15.2. The molecular formula is C14H20N2. The summed E-state index contributed by atoms with van der Waals surface area (Å²) < 4.78 is 0. The normalized spacial score (nSPS) is 19.2. The molecule has 2 rings (SSSR count). The Bertz CT molecular complexity index is 356. The van der Waals surface area contributed by atoms with Crippen molar-refractivity contribution in [3.8, 4) is 0 Å². The van der Waals surface area contributed by atoms with Crippen molar-refractivity contribution in [2.75, 3.05) is 19.6 Å². The Morgan fingerprint density at radius 2 is 2.06 bits per heavy atom. The highest BCUT2D eigenvalue weighted by molar-refractivity contribution is 5.20. The van der Waals surface area contributed by atoms with Gasteiger partial charge in [0.2, 0.25) is 0 Å². The first kappa shape index (κ1) is 11.4. The minimum atomic E-state index is 0.366. The Morgan fingerprint density at radius 3 is 2.69 bits per heavy atom. The van der Waals surface area contributed by atoms with Gasteiger partial charge in [-0.3, -0.25) is 4.90 Å². The lowest BCUT2D eigenvalue weighted by Gasteiger charge is -2.33. The van der Waals surface area contributed by atoms with Crippen LogP contribution in [-0.2, 0) is 0 Å². The lowest BCUT2D eigenvalue weighted by atomic mass is 10.0. The van der Waals surface area contributed by atoms with Gasteiger partial charge in [0.05, 0.1) is 0 Å². The second-order valence-electron chi connectivity index (χ2n) is 4.47. The zero-order valence-corrected chi connectivity index (χ0v) is 9.89. The van der Waals surface area contributed by atoms with Gasteiger partial charge in [-0.25, -0.2) is 0 Å². The molecule has 0 saturated carbocycles. The van der Waals surface area contributed by atoms with Crippen LogP contribution < -0.4 is 5.73 Å². The summed E-state index contributed by atoms with van der Waals surface area (Å²) in [5.41, 5.74) is 8.71. The Labute approximate surface area is 97.8 Å². The Kier molecular flexibility index (Phi) is 3.75. The summed E-state index contributed by atoms with van der Waals surface area (Å²) >= 11 is 0. The quantitative estimate of drug-likeness (QED) is 0.786. The SMILES string of the molecule is CC1=CCCN(C(CN)c2ccccc2)C1. The van der Waals surface area contributed by atoms with Crippen LogP contribution in [0.4, 0.5) is 0 Å². The molecule has 0 fully saturated rings. The van der Waals surface area contributed by atoms with Crippen molar-refractivity contribution in [3.05, 3.63) is 47.5 Å². The standard InChI is InChI=1S/C14H20N2/c1-12-6-5-9-16(11-12)14(10-15)13-7-3-2-4-8-13/h2-4,6-8,14H,5,9-11,15H2,1H3. The number of nitrogens with zero attached hydrogens (tertiary/aromatic N) is 1. The lowest BCUT2D eigenvalue weighted by Crippen LogP contribution is -2.37. The number of benzene rings is 1. The van der Waals surface area contributed by atoms with Gasteiger partial charge in [0.25, 0.3) is 0 Å². The first-order valence-electron chi connectivity index (χ1n) is 5.96. The third-order valence-corrected chi connectivity index (χ3v) is 3.21. The maximum atomic E-state index is 5.92. The van der Waals surface area contributed by atoms with Gasteiger partial charge in [-0.1, -0.05) is 42.0 Å². The van der Waals surface area contributed by atoms with E-state index in [1.165, 1.54) is 11.1 Å². The van der Waals surface area contributed by atoms with Crippen LogP contribution in [0.25, 0.3) is 0 Å². The first-order chi connectivity index (χ1) is 7.81. The number of nitrogens with two attached hydrogens (primary N) is 1. The summed E-state index contributed by atoms with van der Waals surface area (Å²) in [6, 6.07) is 10.9. The Hall–Kier alpha value is -1.12. The molecule has 1 aliphatic rings. The molecular weight excluding hydrogens is 196 g/mol. The molecule has 1 atom stereocenters. The Balaban J connectivity index is 2.14. The zero-order chi connectivity index (χ0) is 11.4. The van der Waals surface area contributed by atoms with Gasteiger partial charge in [-0.2, -0.15) is 0 Å². The molecule has 86 valence electrons. The summed E-state index contributed by atoms with van der Waals surface area (Å²) in [4.78, 5) is 2.48. The third kappa shape index (κ3) is 2.52. The minimum absolute atomic E-state index is 0.366. The topological polar surface area (TPSA) is 29.3 Å². The van der Waals surface area contributed by atoms with Gasteiger partial charge < -0.3 is 5.73 Å². The predicted octanol–water partition coefficient (Wildman–Crippen LogP) is 2.34. The van der Waals surface area contributed by atoms with Crippen molar-refractivity contribution >= 4 is 0 Å². The van der Waals surface area contributed by atoms with E-state index in [2.05, 4.69) is 48.2 Å². The highest BCUT2D eigenvalue weighted by Gasteiger charge is 2.20. The van der Waals surface area contributed by atoms with Crippen LogP contribution in [0.5, 0.6) is 0 Å². The van der Waals surface area contributed by atoms with E-state index < -0.39 is 0 Å². The zero-order valence-electron chi connectivity index (χ0n) is 9.89. The van der Waals surface area contributed by atoms with Crippen molar-refractivity contribution in [2.24, 2.45) is 5.73 Å². The molecule has 0 saturated heterocycles. The van der Waals surface area contributed by atoms with Crippen LogP contribution in [0, 0.1) is 0 Å². The van der Waals surface area contributed by atoms with Crippen LogP contribution in [0.1, 0.15) is 24.9 Å². The fourth-order valence-electron chi connectivity index (χ4n) is 2.38. The molecule has 0 amide bonds.